The molecule has 2 aromatic rings. The quantitative estimate of drug-likeness (QED) is 0.823. The molecule has 1 heterocycles. The summed E-state index contributed by atoms with van der Waals surface area (Å²) in [5, 5.41) is 0. The highest BCUT2D eigenvalue weighted by Crippen LogP contribution is 2.27. The summed E-state index contributed by atoms with van der Waals surface area (Å²) in [7, 11) is -0.743. The maximum atomic E-state index is 12.3. The molecule has 1 N–H and O–H groups in total. The van der Waals surface area contributed by atoms with E-state index in [-0.39, 0.29) is 23.0 Å². The summed E-state index contributed by atoms with van der Waals surface area (Å²) >= 11 is 0. The zero-order valence-electron chi connectivity index (χ0n) is 12.7. The number of H-pyrrole nitrogens is 1. The molecular formula is C15H18N2O4S. The first-order chi connectivity index (χ1) is 10.3. The number of hydrogen-bond donors (Lipinski definition) is 1. The fraction of sp³-hybridized carbons (Fsp3) is 0.267. The van der Waals surface area contributed by atoms with E-state index < -0.39 is 10.0 Å². The summed E-state index contributed by atoms with van der Waals surface area (Å²) in [4.78, 5) is 14.8. The molecule has 0 saturated carbocycles. The monoisotopic (exact) mass is 322 g/mol. The molecule has 0 bridgehead atoms. The minimum Gasteiger partial charge on any atom is -0.484 e. The van der Waals surface area contributed by atoms with Crippen LogP contribution < -0.4 is 4.74 Å². The number of nitrogens with one attached hydrogen (secondary N) is 1. The van der Waals surface area contributed by atoms with Crippen molar-refractivity contribution in [1.82, 2.24) is 9.29 Å². The number of carbonyl (C=O) groups is 1. The number of aromatic amines is 1. The van der Waals surface area contributed by atoms with E-state index in [1.165, 1.54) is 20.2 Å². The number of nitrogens with zero attached hydrogens (tertiary/aromatic N) is 1. The molecule has 0 radical (unpaired) electrons. The number of rotatable bonds is 6. The highest BCUT2D eigenvalue weighted by atomic mass is 32.2. The fourth-order valence-corrected chi connectivity index (χ4v) is 2.97. The summed E-state index contributed by atoms with van der Waals surface area (Å²) in [6.07, 6.45) is 1.64. The van der Waals surface area contributed by atoms with Gasteiger partial charge in [-0.1, -0.05) is 6.07 Å². The topological polar surface area (TPSA) is 79.5 Å². The van der Waals surface area contributed by atoms with E-state index in [4.69, 9.17) is 4.74 Å². The van der Waals surface area contributed by atoms with Gasteiger partial charge in [0.05, 0.1) is 5.69 Å². The molecule has 0 aliphatic rings. The van der Waals surface area contributed by atoms with Crippen molar-refractivity contribution >= 4 is 15.8 Å². The van der Waals surface area contributed by atoms with Gasteiger partial charge >= 0.3 is 0 Å². The van der Waals surface area contributed by atoms with E-state index in [1.54, 1.807) is 37.4 Å². The molecule has 0 spiro atoms. The van der Waals surface area contributed by atoms with Crippen LogP contribution in [0.5, 0.6) is 5.75 Å². The lowest BCUT2D eigenvalue weighted by Gasteiger charge is -2.16. The van der Waals surface area contributed by atoms with Gasteiger partial charge in [-0.15, -0.1) is 0 Å². The van der Waals surface area contributed by atoms with Crippen molar-refractivity contribution < 1.29 is 17.9 Å². The molecular weight excluding hydrogens is 304 g/mol. The lowest BCUT2D eigenvalue weighted by molar-refractivity contribution is 0.0915. The highest BCUT2D eigenvalue weighted by molar-refractivity contribution is 7.89. The Morgan fingerprint density at radius 2 is 2.00 bits per heavy atom. The zero-order valence-corrected chi connectivity index (χ0v) is 13.5. The average molecular weight is 322 g/mol. The van der Waals surface area contributed by atoms with E-state index in [0.717, 1.165) is 9.87 Å². The number of Topliss-reactive ketones (excluding diaryl/α,β-unsaturated/α-hetero) is 1. The second kappa shape index (κ2) is 6.33. The molecule has 22 heavy (non-hydrogen) atoms. The number of ether oxygens (including phenoxy) is 1. The van der Waals surface area contributed by atoms with Crippen molar-refractivity contribution in [2.75, 3.05) is 20.7 Å². The number of benzene rings is 1. The van der Waals surface area contributed by atoms with Crippen molar-refractivity contribution in [2.45, 2.75) is 11.8 Å². The second-order valence-electron chi connectivity index (χ2n) is 5.03. The summed E-state index contributed by atoms with van der Waals surface area (Å²) in [6.45, 7) is 1.56. The maximum absolute atomic E-state index is 12.3. The molecule has 0 saturated heterocycles. The van der Waals surface area contributed by atoms with Crippen LogP contribution in [0.2, 0.25) is 0 Å². The minimum atomic E-state index is -3.64. The van der Waals surface area contributed by atoms with Crippen molar-refractivity contribution in [3.63, 3.8) is 0 Å². The smallest absolute Gasteiger partial charge is 0.246 e. The summed E-state index contributed by atoms with van der Waals surface area (Å²) in [5.41, 5.74) is 1.22. The molecule has 6 nitrogen and oxygen atoms in total. The first kappa shape index (κ1) is 16.3. The lowest BCUT2D eigenvalue weighted by Crippen LogP contribution is -2.23. The Morgan fingerprint density at radius 1 is 1.27 bits per heavy atom. The standard InChI is InChI=1S/C15H18N2O4S/c1-11-6-7-14(15(9-11)22(19,20)17(2)3)21-10-13(18)12-5-4-8-16-12/h4-9,16H,10H2,1-3H3. The van der Waals surface area contributed by atoms with Crippen LogP contribution in [-0.2, 0) is 10.0 Å². The van der Waals surface area contributed by atoms with Crippen LogP contribution in [0.15, 0.2) is 41.4 Å². The predicted molar refractivity (Wildman–Crippen MR) is 82.7 cm³/mol. The number of aromatic nitrogens is 1. The fourth-order valence-electron chi connectivity index (χ4n) is 1.86. The number of sulfonamides is 1. The molecule has 118 valence electrons. The number of aryl methyl sites for hydroxylation is 1. The van der Waals surface area contributed by atoms with E-state index in [9.17, 15) is 13.2 Å². The molecule has 0 atom stereocenters. The molecule has 0 unspecified atom stereocenters. The van der Waals surface area contributed by atoms with Crippen LogP contribution >= 0.6 is 0 Å². The third-order valence-corrected chi connectivity index (χ3v) is 4.95. The van der Waals surface area contributed by atoms with Crippen molar-refractivity contribution in [3.8, 4) is 5.75 Å². The summed E-state index contributed by atoms with van der Waals surface area (Å²) in [5.74, 6) is -0.0852. The third kappa shape index (κ3) is 3.37. The van der Waals surface area contributed by atoms with Crippen LogP contribution in [0.25, 0.3) is 0 Å². The summed E-state index contributed by atoms with van der Waals surface area (Å²) in [6, 6.07) is 8.18. The van der Waals surface area contributed by atoms with Crippen LogP contribution in [0, 0.1) is 6.92 Å². The van der Waals surface area contributed by atoms with Crippen molar-refractivity contribution in [2.24, 2.45) is 0 Å². The van der Waals surface area contributed by atoms with Crippen LogP contribution in [0.1, 0.15) is 16.1 Å². The van der Waals surface area contributed by atoms with Gasteiger partial charge in [-0.3, -0.25) is 4.79 Å². The average Bonchev–Trinajstić information content (AvgIpc) is 2.99. The Hall–Kier alpha value is -2.12. The largest absolute Gasteiger partial charge is 0.484 e. The molecule has 2 rings (SSSR count). The molecule has 0 fully saturated rings. The number of hydrogen-bond acceptors (Lipinski definition) is 4. The van der Waals surface area contributed by atoms with Gasteiger partial charge in [0.2, 0.25) is 15.8 Å². The van der Waals surface area contributed by atoms with Gasteiger partial charge in [0.25, 0.3) is 0 Å². The maximum Gasteiger partial charge on any atom is 0.246 e. The van der Waals surface area contributed by atoms with E-state index in [1.807, 2.05) is 0 Å². The Kier molecular flexibility index (Phi) is 4.68. The molecule has 0 amide bonds. The van der Waals surface area contributed by atoms with Gasteiger partial charge in [-0.25, -0.2) is 12.7 Å². The van der Waals surface area contributed by atoms with Gasteiger partial charge in [0, 0.05) is 20.3 Å². The van der Waals surface area contributed by atoms with Crippen molar-refractivity contribution in [1.29, 1.82) is 0 Å². The molecule has 0 aliphatic heterocycles. The molecule has 0 aliphatic carbocycles. The first-order valence-electron chi connectivity index (χ1n) is 6.65. The SMILES string of the molecule is Cc1ccc(OCC(=O)c2ccc[nH]2)c(S(=O)(=O)N(C)C)c1. The summed E-state index contributed by atoms with van der Waals surface area (Å²) < 4.78 is 31.2. The van der Waals surface area contributed by atoms with E-state index >= 15 is 0 Å². The Morgan fingerprint density at radius 3 is 2.59 bits per heavy atom. The van der Waals surface area contributed by atoms with Crippen LogP contribution in [-0.4, -0.2) is 44.2 Å². The predicted octanol–water partition coefficient (Wildman–Crippen LogP) is 1.84. The highest BCUT2D eigenvalue weighted by Gasteiger charge is 2.23. The van der Waals surface area contributed by atoms with Crippen molar-refractivity contribution in [3.05, 3.63) is 47.8 Å². The lowest BCUT2D eigenvalue weighted by atomic mass is 10.2. The van der Waals surface area contributed by atoms with Gasteiger partial charge < -0.3 is 9.72 Å². The Bertz CT molecular complexity index is 765. The molecule has 1 aromatic carbocycles. The van der Waals surface area contributed by atoms with Gasteiger partial charge in [0.15, 0.2) is 6.61 Å². The second-order valence-corrected chi connectivity index (χ2v) is 7.15. The van der Waals surface area contributed by atoms with E-state index in [2.05, 4.69) is 4.98 Å². The van der Waals surface area contributed by atoms with Gasteiger partial charge in [-0.2, -0.15) is 0 Å². The minimum absolute atomic E-state index is 0.0526. The molecule has 7 heteroatoms. The Balaban J connectivity index is 2.26. The first-order valence-corrected chi connectivity index (χ1v) is 8.09. The van der Waals surface area contributed by atoms with Crippen LogP contribution in [0.3, 0.4) is 0 Å². The molecule has 1 aromatic heterocycles. The van der Waals surface area contributed by atoms with E-state index in [0.29, 0.717) is 5.69 Å². The number of ketones is 1. The number of carbonyl (C=O) groups excluding carboxylic acids is 1. The van der Waals surface area contributed by atoms with Gasteiger partial charge in [0.1, 0.15) is 10.6 Å². The normalized spacial score (nSPS) is 11.6. The van der Waals surface area contributed by atoms with Gasteiger partial charge in [-0.05, 0) is 36.8 Å². The third-order valence-electron chi connectivity index (χ3n) is 3.11. The Labute approximate surface area is 129 Å². The zero-order chi connectivity index (χ0) is 16.3. The van der Waals surface area contributed by atoms with Crippen LogP contribution in [0.4, 0.5) is 0 Å².